The number of rotatable bonds is 6. The third-order valence-corrected chi connectivity index (χ3v) is 7.23. The maximum atomic E-state index is 13.5. The van der Waals surface area contributed by atoms with Crippen LogP contribution in [-0.4, -0.2) is 36.3 Å². The van der Waals surface area contributed by atoms with E-state index in [2.05, 4.69) is 18.2 Å². The summed E-state index contributed by atoms with van der Waals surface area (Å²) in [6, 6.07) is 22.5. The van der Waals surface area contributed by atoms with E-state index in [1.807, 2.05) is 48.5 Å². The number of nitrogen functional groups attached to an aromatic ring is 1. The van der Waals surface area contributed by atoms with Crippen LogP contribution in [0, 0.1) is 5.92 Å². The number of hydrogen-bond acceptors (Lipinski definition) is 6. The Morgan fingerprint density at radius 2 is 1.82 bits per heavy atom. The highest BCUT2D eigenvalue weighted by atomic mass is 35.5. The van der Waals surface area contributed by atoms with E-state index < -0.39 is 18.5 Å². The average molecular weight is 530 g/mol. The van der Waals surface area contributed by atoms with Gasteiger partial charge < -0.3 is 15.2 Å². The summed E-state index contributed by atoms with van der Waals surface area (Å²) in [4.78, 5) is 26.3. The van der Waals surface area contributed by atoms with E-state index in [0.717, 1.165) is 41.7 Å². The highest BCUT2D eigenvalue weighted by molar-refractivity contribution is 6.33. The zero-order chi connectivity index (χ0) is 26.6. The van der Waals surface area contributed by atoms with Gasteiger partial charge in [-0.2, -0.15) is 5.10 Å². The molecule has 2 aliphatic rings. The van der Waals surface area contributed by atoms with Gasteiger partial charge in [-0.3, -0.25) is 4.79 Å². The predicted octanol–water partition coefficient (Wildman–Crippen LogP) is 5.91. The molecule has 2 unspecified atom stereocenters. The average Bonchev–Trinajstić information content (AvgIpc) is 3.34. The standard InChI is InChI=1S/C30H28ClN3O4/c1-37-26-17-25(32)24(31)16-23(26)30(36)38-18-27(35)34-29(20-11-6-3-7-12-20)22-14-8-13-21(28(22)33-34)15-19-9-4-2-5-10-19/h2-7,9-12,15-17,22,29H,8,13-14,18,32H2,1H3. The summed E-state index contributed by atoms with van der Waals surface area (Å²) in [7, 11) is 1.41. The summed E-state index contributed by atoms with van der Waals surface area (Å²) in [5.74, 6) is -0.873. The first-order chi connectivity index (χ1) is 18.5. The zero-order valence-corrected chi connectivity index (χ0v) is 21.7. The molecule has 194 valence electrons. The second-order valence-electron chi connectivity index (χ2n) is 9.31. The summed E-state index contributed by atoms with van der Waals surface area (Å²) in [6.07, 6.45) is 4.95. The number of anilines is 1. The van der Waals surface area contributed by atoms with E-state index >= 15 is 0 Å². The van der Waals surface area contributed by atoms with E-state index in [0.29, 0.717) is 0 Å². The Hall–Kier alpha value is -4.10. The minimum Gasteiger partial charge on any atom is -0.496 e. The van der Waals surface area contributed by atoms with E-state index in [9.17, 15) is 9.59 Å². The molecule has 5 rings (SSSR count). The number of methoxy groups -OCH3 is 1. The number of carbonyl (C=O) groups excluding carboxylic acids is 2. The Bertz CT molecular complexity index is 1410. The molecule has 3 aromatic carbocycles. The third-order valence-electron chi connectivity index (χ3n) is 6.90. The van der Waals surface area contributed by atoms with Crippen molar-refractivity contribution < 1.29 is 19.1 Å². The SMILES string of the molecule is COc1cc(N)c(Cl)cc1C(=O)OCC(=O)N1N=C2C(=Cc3ccccc3)CCCC2C1c1ccccc1. The van der Waals surface area contributed by atoms with Gasteiger partial charge in [-0.15, -0.1) is 0 Å². The molecule has 0 saturated heterocycles. The first-order valence-electron chi connectivity index (χ1n) is 12.5. The Morgan fingerprint density at radius 3 is 2.53 bits per heavy atom. The van der Waals surface area contributed by atoms with Gasteiger partial charge in [0.1, 0.15) is 11.3 Å². The van der Waals surface area contributed by atoms with Crippen molar-refractivity contribution in [2.45, 2.75) is 25.3 Å². The van der Waals surface area contributed by atoms with Crippen LogP contribution in [0.4, 0.5) is 5.69 Å². The maximum Gasteiger partial charge on any atom is 0.342 e. The molecule has 2 atom stereocenters. The second kappa shape index (κ2) is 11.1. The van der Waals surface area contributed by atoms with E-state index in [4.69, 9.17) is 31.9 Å². The molecule has 1 aliphatic heterocycles. The number of esters is 1. The van der Waals surface area contributed by atoms with Gasteiger partial charge in [0.15, 0.2) is 6.61 Å². The summed E-state index contributed by atoms with van der Waals surface area (Å²) in [5, 5.41) is 6.52. The highest BCUT2D eigenvalue weighted by Gasteiger charge is 2.43. The molecule has 1 saturated carbocycles. The summed E-state index contributed by atoms with van der Waals surface area (Å²) in [6.45, 7) is -0.478. The van der Waals surface area contributed by atoms with Crippen molar-refractivity contribution in [3.8, 4) is 5.75 Å². The van der Waals surface area contributed by atoms with Crippen LogP contribution in [0.15, 0.2) is 83.5 Å². The van der Waals surface area contributed by atoms with Crippen LogP contribution < -0.4 is 10.5 Å². The molecule has 1 fully saturated rings. The van der Waals surface area contributed by atoms with Crippen LogP contribution in [0.3, 0.4) is 0 Å². The maximum absolute atomic E-state index is 13.5. The number of carbonyl (C=O) groups is 2. The van der Waals surface area contributed by atoms with Crippen molar-refractivity contribution in [3.63, 3.8) is 0 Å². The monoisotopic (exact) mass is 529 g/mol. The highest BCUT2D eigenvalue weighted by Crippen LogP contribution is 2.44. The summed E-state index contributed by atoms with van der Waals surface area (Å²) < 4.78 is 10.7. The number of fused-ring (bicyclic) bond motifs is 1. The smallest absolute Gasteiger partial charge is 0.342 e. The van der Waals surface area contributed by atoms with Gasteiger partial charge in [-0.25, -0.2) is 9.80 Å². The van der Waals surface area contributed by atoms with Crippen molar-refractivity contribution in [1.82, 2.24) is 5.01 Å². The lowest BCUT2D eigenvalue weighted by Gasteiger charge is -2.29. The normalized spacial score (nSPS) is 19.6. The number of halogens is 1. The van der Waals surface area contributed by atoms with Crippen molar-refractivity contribution in [2.24, 2.45) is 11.0 Å². The van der Waals surface area contributed by atoms with Crippen molar-refractivity contribution >= 4 is 41.0 Å². The fourth-order valence-corrected chi connectivity index (χ4v) is 5.27. The van der Waals surface area contributed by atoms with Gasteiger partial charge in [-0.1, -0.05) is 72.3 Å². The Balaban J connectivity index is 1.42. The van der Waals surface area contributed by atoms with Crippen LogP contribution in [0.1, 0.15) is 46.8 Å². The molecule has 1 aliphatic carbocycles. The van der Waals surface area contributed by atoms with Gasteiger partial charge in [0, 0.05) is 12.0 Å². The number of ether oxygens (including phenoxy) is 2. The van der Waals surface area contributed by atoms with Crippen molar-refractivity contribution in [2.75, 3.05) is 19.5 Å². The lowest BCUT2D eigenvalue weighted by atomic mass is 9.77. The quantitative estimate of drug-likeness (QED) is 0.316. The molecule has 38 heavy (non-hydrogen) atoms. The number of nitrogens with two attached hydrogens (primary N) is 1. The number of amides is 1. The number of hydrazone groups is 1. The van der Waals surface area contributed by atoms with E-state index in [1.54, 1.807) is 0 Å². The lowest BCUT2D eigenvalue weighted by Crippen LogP contribution is -2.34. The molecule has 1 amide bonds. The molecule has 2 N–H and O–H groups in total. The zero-order valence-electron chi connectivity index (χ0n) is 21.0. The minimum atomic E-state index is -0.734. The van der Waals surface area contributed by atoms with Gasteiger partial charge >= 0.3 is 5.97 Å². The Kier molecular flexibility index (Phi) is 7.47. The van der Waals surface area contributed by atoms with Crippen LogP contribution in [0.5, 0.6) is 5.75 Å². The van der Waals surface area contributed by atoms with Gasteiger partial charge in [0.25, 0.3) is 5.91 Å². The number of hydrogen-bond donors (Lipinski definition) is 1. The molecule has 1 heterocycles. The second-order valence-corrected chi connectivity index (χ2v) is 9.72. The van der Waals surface area contributed by atoms with Crippen LogP contribution in [-0.2, 0) is 9.53 Å². The Labute approximate surface area is 226 Å². The Morgan fingerprint density at radius 1 is 1.11 bits per heavy atom. The lowest BCUT2D eigenvalue weighted by molar-refractivity contribution is -0.137. The summed E-state index contributed by atoms with van der Waals surface area (Å²) in [5.41, 5.74) is 10.3. The molecule has 0 spiro atoms. The van der Waals surface area contributed by atoms with Crippen molar-refractivity contribution in [3.05, 3.63) is 100 Å². The minimum absolute atomic E-state index is 0.0526. The molecular weight excluding hydrogens is 502 g/mol. The topological polar surface area (TPSA) is 94.2 Å². The molecular formula is C30H28ClN3O4. The van der Waals surface area contributed by atoms with E-state index in [1.165, 1.54) is 24.3 Å². The molecule has 8 heteroatoms. The first kappa shape index (κ1) is 25.5. The molecule has 7 nitrogen and oxygen atoms in total. The number of allylic oxidation sites excluding steroid dienone is 1. The number of benzene rings is 3. The summed E-state index contributed by atoms with van der Waals surface area (Å²) >= 11 is 6.10. The fourth-order valence-electron chi connectivity index (χ4n) is 5.11. The number of nitrogens with zero attached hydrogens (tertiary/aromatic N) is 2. The van der Waals surface area contributed by atoms with Gasteiger partial charge in [-0.05, 0) is 48.1 Å². The molecule has 0 bridgehead atoms. The third kappa shape index (κ3) is 5.15. The first-order valence-corrected chi connectivity index (χ1v) is 12.9. The van der Waals surface area contributed by atoms with E-state index in [-0.39, 0.29) is 34.0 Å². The molecule has 3 aromatic rings. The molecule has 0 radical (unpaired) electrons. The van der Waals surface area contributed by atoms with Gasteiger partial charge in [0.05, 0.1) is 29.6 Å². The van der Waals surface area contributed by atoms with Crippen LogP contribution in [0.2, 0.25) is 5.02 Å². The van der Waals surface area contributed by atoms with Crippen molar-refractivity contribution in [1.29, 1.82) is 0 Å². The molecule has 0 aromatic heterocycles. The van der Waals surface area contributed by atoms with Gasteiger partial charge in [0.2, 0.25) is 0 Å². The van der Waals surface area contributed by atoms with Crippen LogP contribution >= 0.6 is 11.6 Å². The predicted molar refractivity (Wildman–Crippen MR) is 148 cm³/mol. The fraction of sp³-hybridized carbons (Fsp3) is 0.233. The van der Waals surface area contributed by atoms with Crippen LogP contribution in [0.25, 0.3) is 6.08 Å². The largest absolute Gasteiger partial charge is 0.496 e.